The van der Waals surface area contributed by atoms with Gasteiger partial charge in [0.1, 0.15) is 12.0 Å². The monoisotopic (exact) mass is 362 g/mol. The van der Waals surface area contributed by atoms with E-state index in [0.29, 0.717) is 12.0 Å². The Morgan fingerprint density at radius 1 is 1.07 bits per heavy atom. The smallest absolute Gasteiger partial charge is 0.202 e. The number of hydrogen-bond acceptors (Lipinski definition) is 5. The van der Waals surface area contributed by atoms with Crippen molar-refractivity contribution in [2.45, 2.75) is 57.7 Å². The van der Waals surface area contributed by atoms with Crippen LogP contribution in [0.25, 0.3) is 10.9 Å². The van der Waals surface area contributed by atoms with Gasteiger partial charge in [-0.15, -0.1) is 0 Å². The number of benzene rings is 1. The van der Waals surface area contributed by atoms with Crippen LogP contribution in [0, 0.1) is 31.6 Å². The predicted molar refractivity (Wildman–Crippen MR) is 106 cm³/mol. The summed E-state index contributed by atoms with van der Waals surface area (Å²) in [7, 11) is 2.26. The number of aryl methyl sites for hydroxylation is 1. The van der Waals surface area contributed by atoms with E-state index in [-0.39, 0.29) is 0 Å². The van der Waals surface area contributed by atoms with Crippen molar-refractivity contribution in [1.29, 1.82) is 0 Å². The van der Waals surface area contributed by atoms with Crippen molar-refractivity contribution in [2.75, 3.05) is 7.05 Å². The number of hydrogen-bond donors (Lipinski definition) is 0. The first-order chi connectivity index (χ1) is 13.1. The summed E-state index contributed by atoms with van der Waals surface area (Å²) in [5.41, 5.74) is 3.80. The van der Waals surface area contributed by atoms with Crippen molar-refractivity contribution >= 4 is 22.8 Å². The predicted octanol–water partition coefficient (Wildman–Crippen LogP) is 4.18. The maximum absolute atomic E-state index is 6.98. The quantitative estimate of drug-likeness (QED) is 0.705. The molecule has 27 heavy (non-hydrogen) atoms. The molecule has 5 heteroatoms. The van der Waals surface area contributed by atoms with Crippen LogP contribution in [-0.2, 0) is 0 Å². The molecule has 2 aliphatic carbocycles. The van der Waals surface area contributed by atoms with Gasteiger partial charge in [0.15, 0.2) is 5.75 Å². The van der Waals surface area contributed by atoms with E-state index in [1.54, 1.807) is 6.33 Å². The summed E-state index contributed by atoms with van der Waals surface area (Å²) < 4.78 is 6.98. The molecule has 4 fully saturated rings. The summed E-state index contributed by atoms with van der Waals surface area (Å²) in [5, 5.41) is 0.990. The molecule has 5 nitrogen and oxygen atoms in total. The third kappa shape index (κ3) is 2.01. The fraction of sp³-hybridized carbons (Fsp3) is 0.591. The summed E-state index contributed by atoms with van der Waals surface area (Å²) in [6.07, 6.45) is 12.2. The number of aliphatic imine (C=N–C) groups is 1. The van der Waals surface area contributed by atoms with Gasteiger partial charge in [-0.25, -0.2) is 9.97 Å². The van der Waals surface area contributed by atoms with Gasteiger partial charge in [-0.3, -0.25) is 9.89 Å². The second-order valence-corrected chi connectivity index (χ2v) is 9.20. The molecule has 0 radical (unpaired) electrons. The Labute approximate surface area is 159 Å². The molecule has 3 aliphatic heterocycles. The fourth-order valence-electron chi connectivity index (χ4n) is 6.44. The van der Waals surface area contributed by atoms with Gasteiger partial charge in [-0.1, -0.05) is 0 Å². The molecule has 0 N–H and O–H groups in total. The van der Waals surface area contributed by atoms with Gasteiger partial charge in [-0.05, 0) is 76.0 Å². The average molecular weight is 362 g/mol. The van der Waals surface area contributed by atoms with E-state index < -0.39 is 5.72 Å². The topological polar surface area (TPSA) is 50.6 Å². The van der Waals surface area contributed by atoms with Gasteiger partial charge in [-0.2, -0.15) is 0 Å². The van der Waals surface area contributed by atoms with Crippen LogP contribution < -0.4 is 4.74 Å². The third-order valence-corrected chi connectivity index (χ3v) is 7.88. The first-order valence-electron chi connectivity index (χ1n) is 10.3. The van der Waals surface area contributed by atoms with Gasteiger partial charge in [0, 0.05) is 23.5 Å². The molecule has 3 atom stereocenters. The van der Waals surface area contributed by atoms with Crippen LogP contribution in [0.2, 0.25) is 0 Å². The molecule has 5 aliphatic rings. The van der Waals surface area contributed by atoms with Crippen LogP contribution in [0.3, 0.4) is 0 Å². The highest BCUT2D eigenvalue weighted by Crippen LogP contribution is 2.55. The lowest BCUT2D eigenvalue weighted by Gasteiger charge is -2.46. The Balaban J connectivity index is 1.55. The van der Waals surface area contributed by atoms with Crippen LogP contribution >= 0.6 is 0 Å². The molecular weight excluding hydrogens is 336 g/mol. The van der Waals surface area contributed by atoms with Gasteiger partial charge >= 0.3 is 0 Å². The van der Waals surface area contributed by atoms with Gasteiger partial charge in [0.25, 0.3) is 0 Å². The summed E-state index contributed by atoms with van der Waals surface area (Å²) in [6.45, 7) is 4.27. The summed E-state index contributed by atoms with van der Waals surface area (Å²) in [6, 6.07) is 0.611. The molecule has 2 saturated carbocycles. The third-order valence-electron chi connectivity index (χ3n) is 7.88. The van der Waals surface area contributed by atoms with Gasteiger partial charge < -0.3 is 4.74 Å². The highest BCUT2D eigenvalue weighted by Gasteiger charge is 2.56. The second-order valence-electron chi connectivity index (χ2n) is 9.20. The van der Waals surface area contributed by atoms with Crippen LogP contribution in [-0.4, -0.2) is 39.9 Å². The molecule has 4 bridgehead atoms. The van der Waals surface area contributed by atoms with E-state index >= 15 is 0 Å². The molecular formula is C22H26N4O. The molecule has 2 aromatic rings. The lowest BCUT2D eigenvalue weighted by atomic mass is 9.67. The van der Waals surface area contributed by atoms with Gasteiger partial charge in [0.2, 0.25) is 5.72 Å². The van der Waals surface area contributed by atoms with Crippen LogP contribution in [0.15, 0.2) is 17.5 Å². The molecule has 3 unspecified atom stereocenters. The Kier molecular flexibility index (Phi) is 3.13. The molecule has 1 aromatic heterocycles. The zero-order valence-corrected chi connectivity index (χ0v) is 16.3. The molecule has 140 valence electrons. The molecule has 4 heterocycles. The number of fused-ring (bicyclic) bond motifs is 3. The summed E-state index contributed by atoms with van der Waals surface area (Å²) >= 11 is 0. The highest BCUT2D eigenvalue weighted by atomic mass is 16.5. The van der Waals surface area contributed by atoms with Crippen molar-refractivity contribution < 1.29 is 4.74 Å². The van der Waals surface area contributed by atoms with E-state index in [2.05, 4.69) is 42.0 Å². The normalized spacial score (nSPS) is 36.9. The lowest BCUT2D eigenvalue weighted by molar-refractivity contribution is -0.0627. The first kappa shape index (κ1) is 16.0. The number of ether oxygens (including phenoxy) is 1. The van der Waals surface area contributed by atoms with E-state index in [9.17, 15) is 0 Å². The van der Waals surface area contributed by atoms with E-state index in [1.165, 1.54) is 37.7 Å². The van der Waals surface area contributed by atoms with Crippen molar-refractivity contribution in [1.82, 2.24) is 14.9 Å². The standard InChI is InChI=1S/C22H26N4O/c1-12-13(2)21-20(18-9-23-11-25-19(12)18)24-10-22(27-21)16-5-14-4-15(6-16)8-17(7-14)26(22)3/h9-11,14-17H,4-8H2,1-3H3. The van der Waals surface area contributed by atoms with Crippen LogP contribution in [0.4, 0.5) is 5.69 Å². The lowest BCUT2D eigenvalue weighted by Crippen LogP contribution is -2.59. The second kappa shape index (κ2) is 5.28. The molecule has 7 rings (SSSR count). The summed E-state index contributed by atoms with van der Waals surface area (Å²) in [4.78, 5) is 16.3. The van der Waals surface area contributed by atoms with E-state index in [0.717, 1.165) is 39.7 Å². The number of rotatable bonds is 0. The minimum absolute atomic E-state index is 0.401. The Morgan fingerprint density at radius 3 is 2.63 bits per heavy atom. The minimum atomic E-state index is -0.401. The maximum atomic E-state index is 6.98. The Hall–Kier alpha value is -2.01. The SMILES string of the molecule is Cc1c2c(c3cncnc3c1C)N=CC1(O2)C2CC3CC(CC(C3)N1C)C2. The molecule has 0 amide bonds. The minimum Gasteiger partial charge on any atom is -0.464 e. The Morgan fingerprint density at radius 2 is 1.85 bits per heavy atom. The van der Waals surface area contributed by atoms with Gasteiger partial charge in [0.05, 0.1) is 11.7 Å². The fourth-order valence-corrected chi connectivity index (χ4v) is 6.44. The zero-order chi connectivity index (χ0) is 18.3. The van der Waals surface area contributed by atoms with Crippen molar-refractivity contribution in [3.8, 4) is 5.75 Å². The van der Waals surface area contributed by atoms with Crippen molar-refractivity contribution in [3.05, 3.63) is 23.7 Å². The molecule has 1 spiro atoms. The van der Waals surface area contributed by atoms with Crippen molar-refractivity contribution in [3.63, 3.8) is 0 Å². The zero-order valence-electron chi connectivity index (χ0n) is 16.3. The van der Waals surface area contributed by atoms with Crippen LogP contribution in [0.1, 0.15) is 43.2 Å². The van der Waals surface area contributed by atoms with Crippen LogP contribution in [0.5, 0.6) is 5.75 Å². The molecule has 1 aromatic carbocycles. The summed E-state index contributed by atoms with van der Waals surface area (Å²) in [5.74, 6) is 3.18. The first-order valence-corrected chi connectivity index (χ1v) is 10.3. The van der Waals surface area contributed by atoms with Crippen molar-refractivity contribution in [2.24, 2.45) is 22.7 Å². The largest absolute Gasteiger partial charge is 0.464 e. The Bertz CT molecular complexity index is 972. The highest BCUT2D eigenvalue weighted by molar-refractivity contribution is 5.99. The molecule has 2 saturated heterocycles. The number of aromatic nitrogens is 2. The maximum Gasteiger partial charge on any atom is 0.202 e. The van der Waals surface area contributed by atoms with E-state index in [4.69, 9.17) is 9.73 Å². The average Bonchev–Trinajstić information content (AvgIpc) is 2.80. The number of nitrogens with zero attached hydrogens (tertiary/aromatic N) is 4. The van der Waals surface area contributed by atoms with E-state index in [1.807, 2.05) is 6.20 Å².